The number of amidine groups is 1. The first-order chi connectivity index (χ1) is 10.3. The molecule has 3 heterocycles. The van der Waals surface area contributed by atoms with Gasteiger partial charge in [-0.3, -0.25) is 0 Å². The molecule has 8 nitrogen and oxygen atoms in total. The molecule has 1 saturated heterocycles. The first-order valence-electron chi connectivity index (χ1n) is 6.48. The minimum absolute atomic E-state index is 0.0438. The molecule has 0 radical (unpaired) electrons. The average Bonchev–Trinajstić information content (AvgIpc) is 3.09. The predicted molar refractivity (Wildman–Crippen MR) is 81.1 cm³/mol. The highest BCUT2D eigenvalue weighted by atomic mass is 32.1. The molecule has 0 unspecified atom stereocenters. The van der Waals surface area contributed by atoms with Gasteiger partial charge in [0.05, 0.1) is 11.8 Å². The number of rotatable bonds is 3. The maximum atomic E-state index is 8.86. The fraction of sp³-hybridized carbons (Fsp3) is 0.333. The molecule has 2 aromatic rings. The lowest BCUT2D eigenvalue weighted by atomic mass is 10.2. The molecule has 21 heavy (non-hydrogen) atoms. The van der Waals surface area contributed by atoms with Crippen molar-refractivity contribution >= 4 is 28.1 Å². The summed E-state index contributed by atoms with van der Waals surface area (Å²) in [5, 5.41) is 22.9. The molecule has 1 fully saturated rings. The number of oxime groups is 1. The summed E-state index contributed by atoms with van der Waals surface area (Å²) in [6.07, 6.45) is 3.34. The average molecular weight is 305 g/mol. The Bertz CT molecular complexity index is 622. The minimum atomic E-state index is 0.0438. The lowest BCUT2D eigenvalue weighted by Gasteiger charge is -2.35. The highest BCUT2D eigenvalue weighted by Gasteiger charge is 2.22. The minimum Gasteiger partial charge on any atom is -0.409 e. The molecule has 3 rings (SSSR count). The lowest BCUT2D eigenvalue weighted by Crippen LogP contribution is -2.47. The molecular formula is C12H15N7OS. The van der Waals surface area contributed by atoms with Gasteiger partial charge in [-0.25, -0.2) is 4.98 Å². The van der Waals surface area contributed by atoms with Crippen LogP contribution >= 0.6 is 11.3 Å². The second-order valence-electron chi connectivity index (χ2n) is 4.54. The molecule has 0 spiro atoms. The zero-order valence-corrected chi connectivity index (χ0v) is 12.1. The molecule has 0 aliphatic carbocycles. The van der Waals surface area contributed by atoms with Gasteiger partial charge in [0.15, 0.2) is 16.8 Å². The third-order valence-corrected chi connectivity index (χ3v) is 4.19. The summed E-state index contributed by atoms with van der Waals surface area (Å²) in [7, 11) is 0. The second kappa shape index (κ2) is 5.92. The number of aromatic nitrogens is 3. The Morgan fingerprint density at radius 1 is 1.24 bits per heavy atom. The first kappa shape index (κ1) is 13.6. The molecule has 1 aliphatic rings. The van der Waals surface area contributed by atoms with Crippen LogP contribution in [0.3, 0.4) is 0 Å². The topological polar surface area (TPSA) is 104 Å². The maximum Gasteiger partial charge on any atom is 0.185 e. The number of anilines is 2. The molecule has 0 aromatic carbocycles. The predicted octanol–water partition coefficient (Wildman–Crippen LogP) is 0.354. The zero-order valence-electron chi connectivity index (χ0n) is 11.3. The van der Waals surface area contributed by atoms with Gasteiger partial charge in [0.2, 0.25) is 0 Å². The van der Waals surface area contributed by atoms with Crippen LogP contribution in [-0.4, -0.2) is 52.4 Å². The highest BCUT2D eigenvalue weighted by Crippen LogP contribution is 2.22. The van der Waals surface area contributed by atoms with Gasteiger partial charge in [0, 0.05) is 37.8 Å². The number of nitrogens with zero attached hydrogens (tertiary/aromatic N) is 6. The summed E-state index contributed by atoms with van der Waals surface area (Å²) in [5.74, 6) is 0.689. The molecule has 1 aliphatic heterocycles. The van der Waals surface area contributed by atoms with E-state index < -0.39 is 0 Å². The molecule has 0 saturated carbocycles. The number of nitrogens with two attached hydrogens (primary N) is 1. The van der Waals surface area contributed by atoms with Gasteiger partial charge >= 0.3 is 0 Å². The van der Waals surface area contributed by atoms with Crippen LogP contribution in [0.5, 0.6) is 0 Å². The quantitative estimate of drug-likeness (QED) is 0.365. The fourth-order valence-corrected chi connectivity index (χ4v) is 2.99. The van der Waals surface area contributed by atoms with Gasteiger partial charge in [-0.1, -0.05) is 5.16 Å². The highest BCUT2D eigenvalue weighted by molar-refractivity contribution is 7.13. The van der Waals surface area contributed by atoms with Crippen LogP contribution < -0.4 is 15.5 Å². The van der Waals surface area contributed by atoms with Crippen molar-refractivity contribution in [2.45, 2.75) is 0 Å². The first-order valence-corrected chi connectivity index (χ1v) is 7.36. The normalized spacial score (nSPS) is 16.3. The summed E-state index contributed by atoms with van der Waals surface area (Å²) in [5.41, 5.74) is 6.29. The zero-order chi connectivity index (χ0) is 14.7. The monoisotopic (exact) mass is 305 g/mol. The summed E-state index contributed by atoms with van der Waals surface area (Å²) in [4.78, 5) is 8.65. The van der Waals surface area contributed by atoms with Crippen LogP contribution in [0.25, 0.3) is 0 Å². The summed E-state index contributed by atoms with van der Waals surface area (Å²) in [6.45, 7) is 3.26. The smallest absolute Gasteiger partial charge is 0.185 e. The molecule has 0 amide bonds. The third kappa shape index (κ3) is 2.72. The van der Waals surface area contributed by atoms with Gasteiger partial charge in [-0.15, -0.1) is 16.4 Å². The van der Waals surface area contributed by atoms with E-state index in [1.807, 2.05) is 11.6 Å². The summed E-state index contributed by atoms with van der Waals surface area (Å²) in [6, 6.07) is 1.70. The van der Waals surface area contributed by atoms with Gasteiger partial charge in [0.25, 0.3) is 0 Å². The van der Waals surface area contributed by atoms with E-state index >= 15 is 0 Å². The van der Waals surface area contributed by atoms with Crippen molar-refractivity contribution in [3.63, 3.8) is 0 Å². The van der Waals surface area contributed by atoms with E-state index in [9.17, 15) is 0 Å². The van der Waals surface area contributed by atoms with Crippen LogP contribution in [0.2, 0.25) is 0 Å². The Kier molecular flexibility index (Phi) is 3.82. The molecule has 9 heteroatoms. The molecule has 110 valence electrons. The lowest BCUT2D eigenvalue weighted by molar-refractivity contribution is 0.318. The molecule has 3 N–H and O–H groups in total. The van der Waals surface area contributed by atoms with E-state index in [0.29, 0.717) is 11.4 Å². The Morgan fingerprint density at radius 2 is 2.00 bits per heavy atom. The molecule has 2 aromatic heterocycles. The molecular weight excluding hydrogens is 290 g/mol. The Hall–Kier alpha value is -2.42. The van der Waals surface area contributed by atoms with Crippen LogP contribution in [0.15, 0.2) is 29.0 Å². The molecule has 0 atom stereocenters. The van der Waals surface area contributed by atoms with Crippen LogP contribution in [0.1, 0.15) is 5.56 Å². The van der Waals surface area contributed by atoms with E-state index in [1.54, 1.807) is 17.4 Å². The number of hydrogen-bond donors (Lipinski definition) is 2. The van der Waals surface area contributed by atoms with Crippen molar-refractivity contribution in [1.29, 1.82) is 0 Å². The van der Waals surface area contributed by atoms with Crippen molar-refractivity contribution in [2.24, 2.45) is 10.9 Å². The van der Waals surface area contributed by atoms with Crippen molar-refractivity contribution in [1.82, 2.24) is 15.2 Å². The fourth-order valence-electron chi connectivity index (χ4n) is 2.29. The third-order valence-electron chi connectivity index (χ3n) is 3.35. The van der Waals surface area contributed by atoms with Gasteiger partial charge in [-0.05, 0) is 6.07 Å². The number of hydrogen-bond acceptors (Lipinski definition) is 8. The Balaban J connectivity index is 1.75. The molecule has 0 bridgehead atoms. The number of thiazole rings is 1. The van der Waals surface area contributed by atoms with Crippen LogP contribution in [0.4, 0.5) is 10.9 Å². The van der Waals surface area contributed by atoms with Crippen molar-refractivity contribution in [3.8, 4) is 0 Å². The van der Waals surface area contributed by atoms with Crippen molar-refractivity contribution < 1.29 is 5.21 Å². The van der Waals surface area contributed by atoms with Crippen LogP contribution in [-0.2, 0) is 0 Å². The summed E-state index contributed by atoms with van der Waals surface area (Å²) < 4.78 is 0. The standard InChI is InChI=1S/C12H15N7OS/c13-10(17-20)9-1-2-15-16-11(9)18-4-6-19(7-5-18)12-14-3-8-21-12/h1-3,8,20H,4-7H2,(H2,13,17). The van der Waals surface area contributed by atoms with Gasteiger partial charge in [0.1, 0.15) is 0 Å². The van der Waals surface area contributed by atoms with E-state index in [2.05, 4.69) is 30.1 Å². The second-order valence-corrected chi connectivity index (χ2v) is 5.42. The van der Waals surface area contributed by atoms with Gasteiger partial charge in [-0.2, -0.15) is 5.10 Å². The van der Waals surface area contributed by atoms with Crippen molar-refractivity contribution in [2.75, 3.05) is 36.0 Å². The Morgan fingerprint density at radius 3 is 2.67 bits per heavy atom. The van der Waals surface area contributed by atoms with E-state index in [1.165, 1.54) is 6.20 Å². The maximum absolute atomic E-state index is 8.86. The number of piperazine rings is 1. The SMILES string of the molecule is N/C(=N/O)c1ccnnc1N1CCN(c2nccs2)CC1. The van der Waals surface area contributed by atoms with E-state index in [0.717, 1.165) is 31.3 Å². The van der Waals surface area contributed by atoms with Crippen molar-refractivity contribution in [3.05, 3.63) is 29.4 Å². The van der Waals surface area contributed by atoms with E-state index in [-0.39, 0.29) is 5.84 Å². The van der Waals surface area contributed by atoms with E-state index in [4.69, 9.17) is 10.9 Å². The summed E-state index contributed by atoms with van der Waals surface area (Å²) >= 11 is 1.63. The van der Waals surface area contributed by atoms with Gasteiger partial charge < -0.3 is 20.7 Å². The largest absolute Gasteiger partial charge is 0.409 e. The Labute approximate surface area is 125 Å². The van der Waals surface area contributed by atoms with Crippen LogP contribution in [0, 0.1) is 0 Å².